The summed E-state index contributed by atoms with van der Waals surface area (Å²) in [6.07, 6.45) is -0.220. The summed E-state index contributed by atoms with van der Waals surface area (Å²) in [4.78, 5) is 24.5. The van der Waals surface area contributed by atoms with Crippen molar-refractivity contribution in [3.05, 3.63) is 114 Å². The minimum absolute atomic E-state index is 0.181. The highest BCUT2D eigenvalue weighted by atomic mass is 19.1. The molecule has 0 spiro atoms. The highest BCUT2D eigenvalue weighted by Gasteiger charge is 2.14. The van der Waals surface area contributed by atoms with Gasteiger partial charge < -0.3 is 21.5 Å². The lowest BCUT2D eigenvalue weighted by molar-refractivity contribution is -0.136. The van der Waals surface area contributed by atoms with E-state index in [9.17, 15) is 19.1 Å². The minimum atomic E-state index is -0.996. The lowest BCUT2D eigenvalue weighted by atomic mass is 9.99. The van der Waals surface area contributed by atoms with E-state index in [1.807, 2.05) is 36.4 Å². The number of rotatable bonds is 8. The topological polar surface area (TPSA) is 104 Å². The molecule has 5 N–H and O–H groups in total. The van der Waals surface area contributed by atoms with Crippen molar-refractivity contribution >= 4 is 28.9 Å². The van der Waals surface area contributed by atoms with Gasteiger partial charge in [0.25, 0.3) is 5.91 Å². The van der Waals surface area contributed by atoms with Crippen molar-refractivity contribution in [2.24, 2.45) is 5.73 Å². The number of carbonyl (C=O) groups is 2. The summed E-state index contributed by atoms with van der Waals surface area (Å²) in [7, 11) is 0. The number of nitrogens with one attached hydrogen (secondary N) is 2. The molecule has 4 rings (SSSR count). The van der Waals surface area contributed by atoms with Crippen molar-refractivity contribution in [1.29, 1.82) is 0 Å². The van der Waals surface area contributed by atoms with Gasteiger partial charge in [-0.1, -0.05) is 36.4 Å². The van der Waals surface area contributed by atoms with Gasteiger partial charge in [0.2, 0.25) is 0 Å². The minimum Gasteiger partial charge on any atom is -0.481 e. The molecule has 4 aromatic carbocycles. The molecule has 0 aromatic heterocycles. The molecule has 0 aliphatic rings. The Morgan fingerprint density at radius 2 is 1.54 bits per heavy atom. The first-order chi connectivity index (χ1) is 16.9. The van der Waals surface area contributed by atoms with Crippen LogP contribution < -0.4 is 16.4 Å². The summed E-state index contributed by atoms with van der Waals surface area (Å²) < 4.78 is 14.2. The molecule has 0 saturated carbocycles. The number of para-hydroxylation sites is 2. The van der Waals surface area contributed by atoms with E-state index in [-0.39, 0.29) is 13.0 Å². The third kappa shape index (κ3) is 6.10. The first-order valence-electron chi connectivity index (χ1n) is 11.0. The fraction of sp³-hybridized carbons (Fsp3) is 0.0714. The Hall–Kier alpha value is -4.49. The fourth-order valence-corrected chi connectivity index (χ4v) is 3.77. The van der Waals surface area contributed by atoms with E-state index >= 15 is 0 Å². The van der Waals surface area contributed by atoms with E-state index in [1.165, 1.54) is 12.1 Å². The molecule has 0 saturated heterocycles. The molecule has 0 aliphatic heterocycles. The molecule has 1 amide bonds. The normalized spacial score (nSPS) is 10.6. The Bertz CT molecular complexity index is 1370. The standard InChI is InChI=1S/C28H24FN3O3/c29-23-11-18(17-30)10-20(13-23)21-12-22(15-25(14-21)31-24-7-2-1-3-8-24)28(35)32-26-9-5-4-6-19(26)16-27(33)34/h1-15,31H,16-17,30H2,(H,32,35)(H,33,34). The van der Waals surface area contributed by atoms with E-state index in [0.29, 0.717) is 39.2 Å². The van der Waals surface area contributed by atoms with Gasteiger partial charge in [-0.3, -0.25) is 9.59 Å². The predicted octanol–water partition coefficient (Wildman–Crippen LogP) is 5.57. The quantitative estimate of drug-likeness (QED) is 0.270. The molecular weight excluding hydrogens is 445 g/mol. The summed E-state index contributed by atoms with van der Waals surface area (Å²) in [5.41, 5.74) is 10.3. The van der Waals surface area contributed by atoms with Gasteiger partial charge in [0.15, 0.2) is 0 Å². The van der Waals surface area contributed by atoms with Gasteiger partial charge in [0.1, 0.15) is 5.82 Å². The number of benzene rings is 4. The Morgan fingerprint density at radius 1 is 0.829 bits per heavy atom. The second-order valence-electron chi connectivity index (χ2n) is 8.02. The molecule has 0 radical (unpaired) electrons. The maximum absolute atomic E-state index is 14.2. The van der Waals surface area contributed by atoms with Gasteiger partial charge >= 0.3 is 5.97 Å². The van der Waals surface area contributed by atoms with Crippen molar-refractivity contribution in [3.8, 4) is 11.1 Å². The number of aliphatic carboxylic acids is 1. The molecule has 35 heavy (non-hydrogen) atoms. The number of halogens is 1. The summed E-state index contributed by atoms with van der Waals surface area (Å²) in [6, 6.07) is 26.0. The van der Waals surface area contributed by atoms with E-state index in [4.69, 9.17) is 5.73 Å². The van der Waals surface area contributed by atoms with Crippen LogP contribution in [0.25, 0.3) is 11.1 Å². The number of nitrogens with two attached hydrogens (primary N) is 1. The van der Waals surface area contributed by atoms with Gasteiger partial charge in [-0.15, -0.1) is 0 Å². The SMILES string of the molecule is NCc1cc(F)cc(-c2cc(Nc3ccccc3)cc(C(=O)Nc3ccccc3CC(=O)O)c2)c1. The highest BCUT2D eigenvalue weighted by Crippen LogP contribution is 2.29. The zero-order valence-electron chi connectivity index (χ0n) is 18.8. The maximum atomic E-state index is 14.2. The van der Waals surface area contributed by atoms with Crippen molar-refractivity contribution in [3.63, 3.8) is 0 Å². The molecule has 6 nitrogen and oxygen atoms in total. The highest BCUT2D eigenvalue weighted by molar-refractivity contribution is 6.06. The van der Waals surface area contributed by atoms with E-state index in [1.54, 1.807) is 42.5 Å². The van der Waals surface area contributed by atoms with Crippen molar-refractivity contribution in [1.82, 2.24) is 0 Å². The van der Waals surface area contributed by atoms with Gasteiger partial charge in [0.05, 0.1) is 6.42 Å². The molecular formula is C28H24FN3O3. The maximum Gasteiger partial charge on any atom is 0.307 e. The van der Waals surface area contributed by atoms with Gasteiger partial charge in [-0.25, -0.2) is 4.39 Å². The van der Waals surface area contributed by atoms with Crippen molar-refractivity contribution in [2.75, 3.05) is 10.6 Å². The lowest BCUT2D eigenvalue weighted by Crippen LogP contribution is -2.15. The summed E-state index contributed by atoms with van der Waals surface area (Å²) >= 11 is 0. The number of hydrogen-bond donors (Lipinski definition) is 4. The lowest BCUT2D eigenvalue weighted by Gasteiger charge is -2.14. The van der Waals surface area contributed by atoms with Crippen molar-refractivity contribution < 1.29 is 19.1 Å². The average molecular weight is 470 g/mol. The Labute approximate surface area is 202 Å². The third-order valence-corrected chi connectivity index (χ3v) is 5.39. The monoisotopic (exact) mass is 469 g/mol. The number of amides is 1. The number of carbonyl (C=O) groups excluding carboxylic acids is 1. The summed E-state index contributed by atoms with van der Waals surface area (Å²) in [5, 5.41) is 15.3. The van der Waals surface area contributed by atoms with E-state index < -0.39 is 17.7 Å². The molecule has 176 valence electrons. The van der Waals surface area contributed by atoms with Crippen LogP contribution in [0.4, 0.5) is 21.5 Å². The van der Waals surface area contributed by atoms with Crippen LogP contribution in [0.1, 0.15) is 21.5 Å². The second-order valence-corrected chi connectivity index (χ2v) is 8.02. The largest absolute Gasteiger partial charge is 0.481 e. The van der Waals surface area contributed by atoms with Crippen LogP contribution in [-0.2, 0) is 17.8 Å². The van der Waals surface area contributed by atoms with Crippen LogP contribution in [0.15, 0.2) is 91.0 Å². The smallest absolute Gasteiger partial charge is 0.307 e. The average Bonchev–Trinajstić information content (AvgIpc) is 2.85. The van der Waals surface area contributed by atoms with Crippen LogP contribution in [0.3, 0.4) is 0 Å². The second kappa shape index (κ2) is 10.6. The molecule has 0 unspecified atom stereocenters. The fourth-order valence-electron chi connectivity index (χ4n) is 3.77. The molecule has 0 atom stereocenters. The molecule has 0 bridgehead atoms. The van der Waals surface area contributed by atoms with Crippen LogP contribution in [0.5, 0.6) is 0 Å². The number of hydrogen-bond acceptors (Lipinski definition) is 4. The first kappa shape index (κ1) is 23.7. The Balaban J connectivity index is 1.74. The van der Waals surface area contributed by atoms with Gasteiger partial charge in [-0.05, 0) is 76.9 Å². The van der Waals surface area contributed by atoms with Crippen LogP contribution >= 0.6 is 0 Å². The molecule has 4 aromatic rings. The zero-order valence-corrected chi connectivity index (χ0v) is 18.8. The summed E-state index contributed by atoms with van der Waals surface area (Å²) in [6.45, 7) is 0.181. The van der Waals surface area contributed by atoms with Gasteiger partial charge in [0, 0.05) is 29.2 Å². The molecule has 0 fully saturated rings. The Kier molecular flexibility index (Phi) is 7.18. The van der Waals surface area contributed by atoms with Crippen molar-refractivity contribution in [2.45, 2.75) is 13.0 Å². The van der Waals surface area contributed by atoms with Crippen LogP contribution in [0.2, 0.25) is 0 Å². The first-order valence-corrected chi connectivity index (χ1v) is 11.0. The molecule has 7 heteroatoms. The van der Waals surface area contributed by atoms with Gasteiger partial charge in [-0.2, -0.15) is 0 Å². The molecule has 0 heterocycles. The zero-order chi connectivity index (χ0) is 24.8. The third-order valence-electron chi connectivity index (χ3n) is 5.39. The number of carboxylic acid groups (broad SMARTS) is 1. The predicted molar refractivity (Wildman–Crippen MR) is 135 cm³/mol. The summed E-state index contributed by atoms with van der Waals surface area (Å²) in [5.74, 6) is -1.83. The van der Waals surface area contributed by atoms with Crippen LogP contribution in [0, 0.1) is 5.82 Å². The number of anilines is 3. The van der Waals surface area contributed by atoms with E-state index in [2.05, 4.69) is 10.6 Å². The van der Waals surface area contributed by atoms with E-state index in [0.717, 1.165) is 5.69 Å². The Morgan fingerprint density at radius 3 is 2.29 bits per heavy atom. The molecule has 0 aliphatic carbocycles. The van der Waals surface area contributed by atoms with Crippen LogP contribution in [-0.4, -0.2) is 17.0 Å². The number of carboxylic acids is 1.